The van der Waals surface area contributed by atoms with Gasteiger partial charge in [-0.2, -0.15) is 0 Å². The van der Waals surface area contributed by atoms with Crippen LogP contribution in [0.5, 0.6) is 0 Å². The van der Waals surface area contributed by atoms with Crippen LogP contribution in [0.1, 0.15) is 34.1 Å². The molecule has 2 rings (SSSR count). The lowest BCUT2D eigenvalue weighted by Gasteiger charge is -2.22. The number of rotatable bonds is 6. The highest BCUT2D eigenvalue weighted by molar-refractivity contribution is 5.80. The molecule has 0 aromatic carbocycles. The van der Waals surface area contributed by atoms with Crippen LogP contribution in [-0.4, -0.2) is 98.7 Å². The molecule has 0 bridgehead atoms. The number of nitrogens with zero attached hydrogens (tertiary/aromatic N) is 4. The Morgan fingerprint density at radius 1 is 1.16 bits per heavy atom. The first-order valence-electron chi connectivity index (χ1n) is 10.2. The summed E-state index contributed by atoms with van der Waals surface area (Å²) in [6.07, 6.45) is 1.27. The van der Waals surface area contributed by atoms with Gasteiger partial charge in [0.25, 0.3) is 0 Å². The zero-order valence-corrected chi connectivity index (χ0v) is 17.1. The van der Waals surface area contributed by atoms with Crippen molar-refractivity contribution in [3.8, 4) is 0 Å². The Morgan fingerprint density at radius 2 is 1.96 bits per heavy atom. The average Bonchev–Trinajstić information content (AvgIpc) is 2.80. The van der Waals surface area contributed by atoms with Gasteiger partial charge in [0.15, 0.2) is 5.96 Å². The number of likely N-dealkylation sites (tertiary alicyclic amines) is 1. The summed E-state index contributed by atoms with van der Waals surface area (Å²) in [5, 5.41) is 7.10. The highest BCUT2D eigenvalue weighted by atomic mass is 15.3. The highest BCUT2D eigenvalue weighted by Gasteiger charge is 2.31. The van der Waals surface area contributed by atoms with Crippen LogP contribution in [-0.2, 0) is 0 Å². The second-order valence-electron chi connectivity index (χ2n) is 8.03. The molecule has 0 aromatic heterocycles. The number of hydrogen-bond acceptors (Lipinski definition) is 4. The molecule has 146 valence electrons. The normalized spacial score (nSPS) is 27.7. The monoisotopic (exact) mass is 352 g/mol. The summed E-state index contributed by atoms with van der Waals surface area (Å²) in [4.78, 5) is 12.4. The van der Waals surface area contributed by atoms with Gasteiger partial charge in [-0.25, -0.2) is 0 Å². The summed E-state index contributed by atoms with van der Waals surface area (Å²) in [6.45, 7) is 18.9. The van der Waals surface area contributed by atoms with Crippen molar-refractivity contribution in [2.45, 2.75) is 46.2 Å². The summed E-state index contributed by atoms with van der Waals surface area (Å²) in [6, 6.07) is 1.11. The van der Waals surface area contributed by atoms with Crippen LogP contribution >= 0.6 is 0 Å². The number of nitrogens with one attached hydrogen (secondary N) is 2. The molecule has 6 heteroatoms. The van der Waals surface area contributed by atoms with E-state index in [2.05, 4.69) is 60.1 Å². The zero-order chi connectivity index (χ0) is 18.2. The van der Waals surface area contributed by atoms with Crippen LogP contribution in [0.15, 0.2) is 4.99 Å². The molecule has 25 heavy (non-hydrogen) atoms. The van der Waals surface area contributed by atoms with Crippen LogP contribution in [0, 0.1) is 5.92 Å². The summed E-state index contributed by atoms with van der Waals surface area (Å²) in [5.41, 5.74) is 0. The lowest BCUT2D eigenvalue weighted by molar-refractivity contribution is 0.265. The second kappa shape index (κ2) is 10.3. The van der Waals surface area contributed by atoms with Crippen LogP contribution in [0.3, 0.4) is 0 Å². The lowest BCUT2D eigenvalue weighted by atomic mass is 10.1. The molecule has 0 saturated carbocycles. The Morgan fingerprint density at radius 3 is 2.64 bits per heavy atom. The second-order valence-corrected chi connectivity index (χ2v) is 8.03. The Kier molecular flexibility index (Phi) is 8.46. The molecular weight excluding hydrogens is 312 g/mol. The highest BCUT2D eigenvalue weighted by Crippen LogP contribution is 2.18. The van der Waals surface area contributed by atoms with E-state index in [0.29, 0.717) is 18.0 Å². The van der Waals surface area contributed by atoms with Crippen LogP contribution in [0.25, 0.3) is 0 Å². The SMILES string of the molecule is CCNC(=NCCN1CCCN(C)CC1)NC1CN(C(C)C)CC1C. The number of likely N-dealkylation sites (N-methyl/N-ethyl adjacent to an activating group) is 1. The molecule has 2 aliphatic heterocycles. The third-order valence-electron chi connectivity index (χ3n) is 5.54. The summed E-state index contributed by atoms with van der Waals surface area (Å²) in [7, 11) is 2.22. The van der Waals surface area contributed by atoms with Crippen LogP contribution in [0.2, 0.25) is 0 Å². The van der Waals surface area contributed by atoms with Crippen molar-refractivity contribution in [2.75, 3.05) is 66.0 Å². The number of hydrogen-bond donors (Lipinski definition) is 2. The standard InChI is InChI=1S/C19H40N6/c1-6-20-19(22-18-15-25(16(2)3)14-17(18)4)21-8-11-24-10-7-9-23(5)12-13-24/h16-18H,6-15H2,1-5H3,(H2,20,21,22). The fourth-order valence-electron chi connectivity index (χ4n) is 3.74. The van der Waals surface area contributed by atoms with Gasteiger partial charge in [0.2, 0.25) is 0 Å². The summed E-state index contributed by atoms with van der Waals surface area (Å²) < 4.78 is 0. The van der Waals surface area contributed by atoms with Gasteiger partial charge in [0.05, 0.1) is 6.54 Å². The largest absolute Gasteiger partial charge is 0.357 e. The molecular formula is C19H40N6. The Balaban J connectivity index is 1.81. The molecule has 2 aliphatic rings. The molecule has 2 unspecified atom stereocenters. The van der Waals surface area contributed by atoms with Gasteiger partial charge in [-0.3, -0.25) is 9.89 Å². The average molecular weight is 353 g/mol. The molecule has 2 N–H and O–H groups in total. The van der Waals surface area contributed by atoms with E-state index in [4.69, 9.17) is 4.99 Å². The van der Waals surface area contributed by atoms with Gasteiger partial charge in [0, 0.05) is 51.4 Å². The van der Waals surface area contributed by atoms with Gasteiger partial charge in [0.1, 0.15) is 0 Å². The third kappa shape index (κ3) is 6.76. The Labute approximate surface area is 155 Å². The van der Waals surface area contributed by atoms with E-state index < -0.39 is 0 Å². The van der Waals surface area contributed by atoms with Crippen molar-refractivity contribution >= 4 is 5.96 Å². The van der Waals surface area contributed by atoms with Crippen molar-refractivity contribution in [1.29, 1.82) is 0 Å². The molecule has 0 spiro atoms. The van der Waals surface area contributed by atoms with Crippen LogP contribution < -0.4 is 10.6 Å². The maximum atomic E-state index is 4.85. The van der Waals surface area contributed by atoms with E-state index >= 15 is 0 Å². The van der Waals surface area contributed by atoms with E-state index in [0.717, 1.165) is 32.1 Å². The predicted molar refractivity (Wildman–Crippen MR) is 107 cm³/mol. The van der Waals surface area contributed by atoms with E-state index in [-0.39, 0.29) is 0 Å². The van der Waals surface area contributed by atoms with Gasteiger partial charge < -0.3 is 20.4 Å². The summed E-state index contributed by atoms with van der Waals surface area (Å²) in [5.74, 6) is 1.64. The minimum atomic E-state index is 0.493. The topological polar surface area (TPSA) is 46.1 Å². The molecule has 2 saturated heterocycles. The fourth-order valence-corrected chi connectivity index (χ4v) is 3.74. The minimum absolute atomic E-state index is 0.493. The van der Waals surface area contributed by atoms with E-state index in [9.17, 15) is 0 Å². The number of aliphatic imine (C=N–C) groups is 1. The molecule has 2 fully saturated rings. The van der Waals surface area contributed by atoms with Gasteiger partial charge in [-0.05, 0) is 53.2 Å². The smallest absolute Gasteiger partial charge is 0.191 e. The van der Waals surface area contributed by atoms with E-state index in [1.54, 1.807) is 0 Å². The first kappa shape index (κ1) is 20.5. The van der Waals surface area contributed by atoms with Gasteiger partial charge >= 0.3 is 0 Å². The molecule has 0 aliphatic carbocycles. The predicted octanol–water partition coefficient (Wildman–Crippen LogP) is 0.908. The quantitative estimate of drug-likeness (QED) is 0.550. The van der Waals surface area contributed by atoms with Gasteiger partial charge in [-0.1, -0.05) is 6.92 Å². The maximum Gasteiger partial charge on any atom is 0.191 e. The Bertz CT molecular complexity index is 411. The number of guanidine groups is 1. The third-order valence-corrected chi connectivity index (χ3v) is 5.54. The molecule has 6 nitrogen and oxygen atoms in total. The van der Waals surface area contributed by atoms with Gasteiger partial charge in [-0.15, -0.1) is 0 Å². The van der Waals surface area contributed by atoms with Crippen molar-refractivity contribution in [2.24, 2.45) is 10.9 Å². The maximum absolute atomic E-state index is 4.85. The fraction of sp³-hybridized carbons (Fsp3) is 0.947. The van der Waals surface area contributed by atoms with Crippen molar-refractivity contribution in [3.63, 3.8) is 0 Å². The molecule has 0 amide bonds. The van der Waals surface area contributed by atoms with Crippen molar-refractivity contribution in [3.05, 3.63) is 0 Å². The van der Waals surface area contributed by atoms with E-state index in [1.807, 2.05) is 0 Å². The minimum Gasteiger partial charge on any atom is -0.357 e. The molecule has 2 atom stereocenters. The molecule has 2 heterocycles. The van der Waals surface area contributed by atoms with Crippen molar-refractivity contribution < 1.29 is 0 Å². The van der Waals surface area contributed by atoms with Crippen molar-refractivity contribution in [1.82, 2.24) is 25.3 Å². The van der Waals surface area contributed by atoms with E-state index in [1.165, 1.54) is 39.1 Å². The molecule has 0 aromatic rings. The first-order chi connectivity index (χ1) is 12.0. The molecule has 0 radical (unpaired) electrons. The zero-order valence-electron chi connectivity index (χ0n) is 17.1. The lowest BCUT2D eigenvalue weighted by Crippen LogP contribution is -2.47. The Hall–Kier alpha value is -0.850. The summed E-state index contributed by atoms with van der Waals surface area (Å²) >= 11 is 0. The van der Waals surface area contributed by atoms with Crippen LogP contribution in [0.4, 0.5) is 0 Å². The first-order valence-corrected chi connectivity index (χ1v) is 10.2.